The number of nitrogens with zero attached hydrogens (tertiary/aromatic N) is 3. The molecule has 5 nitrogen and oxygen atoms in total. The fraction of sp³-hybridized carbons (Fsp3) is 0.438. The molecule has 0 saturated carbocycles. The number of hydrogen-bond donors (Lipinski definition) is 0. The van der Waals surface area contributed by atoms with Crippen LogP contribution in [-0.2, 0) is 19.5 Å². The number of aryl methyl sites for hydroxylation is 2. The van der Waals surface area contributed by atoms with Crippen LogP contribution in [0.5, 0.6) is 0 Å². The van der Waals surface area contributed by atoms with Gasteiger partial charge in [0.05, 0.1) is 0 Å². The Morgan fingerprint density at radius 1 is 1.29 bits per heavy atom. The minimum Gasteiger partial charge on any atom is -0.292 e. The van der Waals surface area contributed by atoms with Crippen molar-refractivity contribution in [2.24, 2.45) is 0 Å². The Kier molecular flexibility index (Phi) is 3.73. The normalized spacial score (nSPS) is 14.5. The summed E-state index contributed by atoms with van der Waals surface area (Å²) >= 11 is 0. The monoisotopic (exact) mass is 285 g/mol. The molecule has 21 heavy (non-hydrogen) atoms. The highest BCUT2D eigenvalue weighted by molar-refractivity contribution is 5.95. The van der Waals surface area contributed by atoms with E-state index in [0.29, 0.717) is 12.1 Å². The number of rotatable bonds is 3. The summed E-state index contributed by atoms with van der Waals surface area (Å²) in [6.07, 6.45) is 4.01. The lowest BCUT2D eigenvalue weighted by molar-refractivity contribution is 0.0966. The number of aromatic nitrogens is 3. The Labute approximate surface area is 123 Å². The summed E-state index contributed by atoms with van der Waals surface area (Å²) < 4.78 is 3.03. The third-order valence-electron chi connectivity index (χ3n) is 3.91. The number of carbonyl (C=O) groups excluding carboxylic acids is 1. The first kappa shape index (κ1) is 13.8. The zero-order valence-electron chi connectivity index (χ0n) is 12.2. The Morgan fingerprint density at radius 2 is 2.14 bits per heavy atom. The van der Waals surface area contributed by atoms with E-state index in [0.717, 1.165) is 37.1 Å². The first-order chi connectivity index (χ1) is 10.1. The molecule has 0 unspecified atom stereocenters. The van der Waals surface area contributed by atoms with E-state index in [-0.39, 0.29) is 18.0 Å². The van der Waals surface area contributed by atoms with E-state index in [1.165, 1.54) is 4.68 Å². The quantitative estimate of drug-likeness (QED) is 0.810. The lowest BCUT2D eigenvalue weighted by atomic mass is 10.1. The number of fused-ring (bicyclic) bond motifs is 1. The zero-order chi connectivity index (χ0) is 14.8. The summed E-state index contributed by atoms with van der Waals surface area (Å²) in [6, 6.07) is 7.42. The molecule has 0 aliphatic carbocycles. The van der Waals surface area contributed by atoms with E-state index in [2.05, 4.69) is 5.10 Å². The minimum atomic E-state index is -0.159. The smallest absolute Gasteiger partial charge is 0.292 e. The van der Waals surface area contributed by atoms with Crippen LogP contribution in [0.4, 0.5) is 0 Å². The molecule has 0 saturated heterocycles. The van der Waals surface area contributed by atoms with Gasteiger partial charge < -0.3 is 0 Å². The number of ketones is 1. The molecule has 3 rings (SSSR count). The molecule has 2 heterocycles. The summed E-state index contributed by atoms with van der Waals surface area (Å²) in [4.78, 5) is 24.6. The largest absolute Gasteiger partial charge is 0.346 e. The van der Waals surface area contributed by atoms with Crippen molar-refractivity contribution >= 4 is 5.78 Å². The molecule has 0 spiro atoms. The van der Waals surface area contributed by atoms with Crippen molar-refractivity contribution in [3.05, 3.63) is 51.7 Å². The fourth-order valence-electron chi connectivity index (χ4n) is 2.77. The summed E-state index contributed by atoms with van der Waals surface area (Å²) in [5, 5.41) is 4.34. The number of carbonyl (C=O) groups is 1. The molecule has 0 bridgehead atoms. The molecule has 1 aromatic heterocycles. The van der Waals surface area contributed by atoms with Gasteiger partial charge in [0.2, 0.25) is 0 Å². The molecule has 2 aromatic rings. The third kappa shape index (κ3) is 2.82. The van der Waals surface area contributed by atoms with Crippen molar-refractivity contribution in [1.29, 1.82) is 0 Å². The van der Waals surface area contributed by atoms with Crippen LogP contribution in [0, 0.1) is 6.92 Å². The summed E-state index contributed by atoms with van der Waals surface area (Å²) in [7, 11) is 0. The van der Waals surface area contributed by atoms with Gasteiger partial charge in [-0.2, -0.15) is 5.10 Å². The summed E-state index contributed by atoms with van der Waals surface area (Å²) in [6.45, 7) is 2.68. The summed E-state index contributed by atoms with van der Waals surface area (Å²) in [5.41, 5.74) is 1.51. The Morgan fingerprint density at radius 3 is 2.95 bits per heavy atom. The van der Waals surface area contributed by atoms with Crippen molar-refractivity contribution in [3.63, 3.8) is 0 Å². The van der Waals surface area contributed by atoms with Crippen LogP contribution in [0.25, 0.3) is 0 Å². The molecule has 0 N–H and O–H groups in total. The van der Waals surface area contributed by atoms with Gasteiger partial charge in [-0.25, -0.2) is 9.48 Å². The highest BCUT2D eigenvalue weighted by Gasteiger charge is 2.17. The van der Waals surface area contributed by atoms with Gasteiger partial charge >= 0.3 is 5.69 Å². The Hall–Kier alpha value is -2.17. The first-order valence-electron chi connectivity index (χ1n) is 7.41. The number of hydrogen-bond acceptors (Lipinski definition) is 3. The maximum atomic E-state index is 12.3. The van der Waals surface area contributed by atoms with Gasteiger partial charge in [0.25, 0.3) is 0 Å². The fourth-order valence-corrected chi connectivity index (χ4v) is 2.77. The highest BCUT2D eigenvalue weighted by atomic mass is 16.2. The van der Waals surface area contributed by atoms with E-state index < -0.39 is 0 Å². The second kappa shape index (κ2) is 5.68. The maximum absolute atomic E-state index is 12.3. The van der Waals surface area contributed by atoms with Crippen LogP contribution in [0.2, 0.25) is 0 Å². The van der Waals surface area contributed by atoms with Gasteiger partial charge in [-0.1, -0.05) is 30.2 Å². The summed E-state index contributed by atoms with van der Waals surface area (Å²) in [5.74, 6) is 0.739. The van der Waals surface area contributed by atoms with Crippen molar-refractivity contribution < 1.29 is 4.79 Å². The van der Waals surface area contributed by atoms with Gasteiger partial charge in [0.15, 0.2) is 5.78 Å². The number of benzene rings is 1. The molecule has 0 amide bonds. The van der Waals surface area contributed by atoms with Crippen LogP contribution in [0.15, 0.2) is 29.1 Å². The zero-order valence-corrected chi connectivity index (χ0v) is 12.2. The van der Waals surface area contributed by atoms with Crippen LogP contribution < -0.4 is 5.69 Å². The molecule has 0 atom stereocenters. The van der Waals surface area contributed by atoms with Crippen molar-refractivity contribution in [2.75, 3.05) is 0 Å². The van der Waals surface area contributed by atoms with Gasteiger partial charge in [0.1, 0.15) is 12.4 Å². The molecule has 1 aliphatic heterocycles. The first-order valence-corrected chi connectivity index (χ1v) is 7.41. The van der Waals surface area contributed by atoms with E-state index in [1.54, 1.807) is 10.6 Å². The van der Waals surface area contributed by atoms with Crippen LogP contribution in [0.1, 0.15) is 41.0 Å². The molecule has 110 valence electrons. The molecular formula is C16H19N3O2. The van der Waals surface area contributed by atoms with Gasteiger partial charge in [-0.15, -0.1) is 0 Å². The Bertz CT molecular complexity index is 727. The molecule has 5 heteroatoms. The van der Waals surface area contributed by atoms with Gasteiger partial charge in [-0.3, -0.25) is 9.36 Å². The Balaban J connectivity index is 1.85. The predicted octanol–water partition coefficient (Wildman–Crippen LogP) is 1.96. The molecule has 1 aromatic carbocycles. The molecule has 0 radical (unpaired) electrons. The lowest BCUT2D eigenvalue weighted by Gasteiger charge is -2.02. The van der Waals surface area contributed by atoms with E-state index in [4.69, 9.17) is 0 Å². The van der Waals surface area contributed by atoms with E-state index in [9.17, 15) is 9.59 Å². The minimum absolute atomic E-state index is 0.0162. The van der Waals surface area contributed by atoms with E-state index >= 15 is 0 Å². The highest BCUT2D eigenvalue weighted by Crippen LogP contribution is 2.11. The standard InChI is InChI=1S/C16H19N3O2/c1-12-6-5-7-13(10-12)14(20)11-19-16(21)18-9-4-2-3-8-15(18)17-19/h5-7,10H,2-4,8-9,11H2,1H3. The van der Waals surface area contributed by atoms with Crippen molar-refractivity contribution in [2.45, 2.75) is 45.7 Å². The SMILES string of the molecule is Cc1cccc(C(=O)Cn2nc3n(c2=O)CCCCC3)c1. The van der Waals surface area contributed by atoms with Crippen LogP contribution in [-0.4, -0.2) is 20.1 Å². The number of Topliss-reactive ketones (excluding diaryl/α,β-unsaturated/α-hetero) is 1. The van der Waals surface area contributed by atoms with Gasteiger partial charge in [0, 0.05) is 18.5 Å². The second-order valence-corrected chi connectivity index (χ2v) is 5.61. The average Bonchev–Trinajstić information content (AvgIpc) is 2.66. The second-order valence-electron chi connectivity index (χ2n) is 5.61. The maximum Gasteiger partial charge on any atom is 0.346 e. The third-order valence-corrected chi connectivity index (χ3v) is 3.91. The van der Waals surface area contributed by atoms with Crippen LogP contribution >= 0.6 is 0 Å². The molecule has 0 fully saturated rings. The van der Waals surface area contributed by atoms with Crippen LogP contribution in [0.3, 0.4) is 0 Å². The predicted molar refractivity (Wildman–Crippen MR) is 79.6 cm³/mol. The average molecular weight is 285 g/mol. The van der Waals surface area contributed by atoms with E-state index in [1.807, 2.05) is 25.1 Å². The molecular weight excluding hydrogens is 266 g/mol. The molecule has 1 aliphatic rings. The van der Waals surface area contributed by atoms with Crippen molar-refractivity contribution in [3.8, 4) is 0 Å². The van der Waals surface area contributed by atoms with Gasteiger partial charge in [-0.05, 0) is 25.8 Å². The lowest BCUT2D eigenvalue weighted by Crippen LogP contribution is -2.28. The topological polar surface area (TPSA) is 56.9 Å². The van der Waals surface area contributed by atoms with Crippen molar-refractivity contribution in [1.82, 2.24) is 14.3 Å².